The van der Waals surface area contributed by atoms with E-state index in [2.05, 4.69) is 35.0 Å². The molecule has 1 aromatic rings. The molecule has 15 heavy (non-hydrogen) atoms. The van der Waals surface area contributed by atoms with Gasteiger partial charge in [-0.1, -0.05) is 40.2 Å². The van der Waals surface area contributed by atoms with E-state index in [-0.39, 0.29) is 5.60 Å². The maximum absolute atomic E-state index is 5.64. The van der Waals surface area contributed by atoms with Crippen LogP contribution in [0.3, 0.4) is 0 Å². The lowest BCUT2D eigenvalue weighted by Crippen LogP contribution is -2.14. The normalized spacial score (nSPS) is 24.1. The van der Waals surface area contributed by atoms with E-state index in [4.69, 9.17) is 9.47 Å². The minimum absolute atomic E-state index is 0.0106. The fraction of sp³-hybridized carbons (Fsp3) is 0.500. The van der Waals surface area contributed by atoms with Crippen LogP contribution in [0.5, 0.6) is 0 Å². The Hall–Kier alpha value is -0.380. The lowest BCUT2D eigenvalue weighted by Gasteiger charge is -2.09. The highest BCUT2D eigenvalue weighted by Gasteiger charge is 2.39. The van der Waals surface area contributed by atoms with E-state index in [1.807, 2.05) is 12.1 Å². The van der Waals surface area contributed by atoms with Crippen molar-refractivity contribution in [2.75, 3.05) is 13.2 Å². The Kier molecular flexibility index (Phi) is 3.44. The van der Waals surface area contributed by atoms with E-state index in [1.54, 1.807) is 0 Å². The topological polar surface area (TPSA) is 21.8 Å². The van der Waals surface area contributed by atoms with Gasteiger partial charge in [0.05, 0.1) is 19.8 Å². The van der Waals surface area contributed by atoms with Crippen molar-refractivity contribution in [3.8, 4) is 0 Å². The minimum Gasteiger partial charge on any atom is -0.374 e. The van der Waals surface area contributed by atoms with Crippen molar-refractivity contribution in [3.63, 3.8) is 0 Å². The first-order chi connectivity index (χ1) is 7.23. The van der Waals surface area contributed by atoms with Crippen LogP contribution in [-0.4, -0.2) is 18.8 Å². The van der Waals surface area contributed by atoms with E-state index in [0.717, 1.165) is 11.9 Å². The lowest BCUT2D eigenvalue weighted by molar-refractivity contribution is 0.0739. The molecule has 0 amide bonds. The average molecular weight is 271 g/mol. The summed E-state index contributed by atoms with van der Waals surface area (Å²) >= 11 is 3.47. The Labute approximate surface area is 98.7 Å². The van der Waals surface area contributed by atoms with Crippen molar-refractivity contribution in [2.45, 2.75) is 24.5 Å². The molecule has 1 fully saturated rings. The van der Waals surface area contributed by atoms with Gasteiger partial charge in [0.2, 0.25) is 0 Å². The highest BCUT2D eigenvalue weighted by Crippen LogP contribution is 2.26. The van der Waals surface area contributed by atoms with Crippen molar-refractivity contribution in [2.24, 2.45) is 0 Å². The first-order valence-corrected chi connectivity index (χ1v) is 6.20. The summed E-state index contributed by atoms with van der Waals surface area (Å²) in [7, 11) is 0. The van der Waals surface area contributed by atoms with Gasteiger partial charge in [-0.05, 0) is 18.1 Å². The molecule has 1 aromatic carbocycles. The van der Waals surface area contributed by atoms with Crippen LogP contribution in [0, 0.1) is 0 Å². The zero-order valence-corrected chi connectivity index (χ0v) is 10.4. The molecule has 2 rings (SSSR count). The molecular formula is C12H15BrO2. The fourth-order valence-corrected chi connectivity index (χ4v) is 1.96. The van der Waals surface area contributed by atoms with E-state index in [9.17, 15) is 0 Å². The molecule has 1 aliphatic rings. The SMILES string of the molecule is CC1(COCc2ccccc2CBr)CO1. The summed E-state index contributed by atoms with van der Waals surface area (Å²) < 4.78 is 10.9. The molecule has 0 aromatic heterocycles. The summed E-state index contributed by atoms with van der Waals surface area (Å²) in [4.78, 5) is 0. The summed E-state index contributed by atoms with van der Waals surface area (Å²) in [6.07, 6.45) is 0. The first-order valence-electron chi connectivity index (χ1n) is 5.08. The molecule has 1 aliphatic heterocycles. The molecule has 1 saturated heterocycles. The Morgan fingerprint density at radius 2 is 2.07 bits per heavy atom. The van der Waals surface area contributed by atoms with Crippen molar-refractivity contribution >= 4 is 15.9 Å². The predicted molar refractivity (Wildman–Crippen MR) is 63.1 cm³/mol. The van der Waals surface area contributed by atoms with Gasteiger partial charge in [-0.3, -0.25) is 0 Å². The number of ether oxygens (including phenoxy) is 2. The lowest BCUT2D eigenvalue weighted by atomic mass is 10.1. The maximum atomic E-state index is 5.64. The number of halogens is 1. The number of hydrogen-bond donors (Lipinski definition) is 0. The fourth-order valence-electron chi connectivity index (χ4n) is 1.41. The van der Waals surface area contributed by atoms with Gasteiger partial charge in [-0.15, -0.1) is 0 Å². The molecule has 1 atom stereocenters. The largest absolute Gasteiger partial charge is 0.374 e. The summed E-state index contributed by atoms with van der Waals surface area (Å²) in [6.45, 7) is 4.25. The van der Waals surface area contributed by atoms with Crippen LogP contribution in [0.4, 0.5) is 0 Å². The molecule has 0 spiro atoms. The zero-order valence-electron chi connectivity index (χ0n) is 8.83. The zero-order chi connectivity index (χ0) is 10.7. The van der Waals surface area contributed by atoms with Gasteiger partial charge >= 0.3 is 0 Å². The van der Waals surface area contributed by atoms with Gasteiger partial charge in [0, 0.05) is 5.33 Å². The molecule has 0 bridgehead atoms. The summed E-state index contributed by atoms with van der Waals surface area (Å²) in [5.74, 6) is 0. The van der Waals surface area contributed by atoms with E-state index >= 15 is 0 Å². The number of benzene rings is 1. The van der Waals surface area contributed by atoms with Crippen LogP contribution in [-0.2, 0) is 21.4 Å². The average Bonchev–Trinajstić information content (AvgIpc) is 2.97. The molecule has 1 heterocycles. The smallest absolute Gasteiger partial charge is 0.112 e. The van der Waals surface area contributed by atoms with Gasteiger partial charge in [-0.25, -0.2) is 0 Å². The summed E-state index contributed by atoms with van der Waals surface area (Å²) in [5.41, 5.74) is 2.53. The van der Waals surface area contributed by atoms with Gasteiger partial charge in [0.1, 0.15) is 5.60 Å². The highest BCUT2D eigenvalue weighted by molar-refractivity contribution is 9.08. The minimum atomic E-state index is -0.0106. The van der Waals surface area contributed by atoms with Gasteiger partial charge in [-0.2, -0.15) is 0 Å². The Morgan fingerprint density at radius 1 is 1.40 bits per heavy atom. The molecule has 0 aliphatic carbocycles. The Balaban J connectivity index is 1.86. The molecule has 82 valence electrons. The van der Waals surface area contributed by atoms with Crippen LogP contribution in [0.15, 0.2) is 24.3 Å². The van der Waals surface area contributed by atoms with Crippen LogP contribution >= 0.6 is 15.9 Å². The van der Waals surface area contributed by atoms with Gasteiger partial charge < -0.3 is 9.47 Å². The monoisotopic (exact) mass is 270 g/mol. The molecular weight excluding hydrogens is 256 g/mol. The molecule has 0 N–H and O–H groups in total. The van der Waals surface area contributed by atoms with Crippen molar-refractivity contribution in [1.82, 2.24) is 0 Å². The third-order valence-electron chi connectivity index (χ3n) is 2.56. The number of rotatable bonds is 5. The number of epoxide rings is 1. The standard InChI is InChI=1S/C12H15BrO2/c1-12(9-15-12)8-14-7-11-5-3-2-4-10(11)6-13/h2-5H,6-9H2,1H3. The number of alkyl halides is 1. The molecule has 2 nitrogen and oxygen atoms in total. The van der Waals surface area contributed by atoms with E-state index in [0.29, 0.717) is 13.2 Å². The van der Waals surface area contributed by atoms with Crippen LogP contribution in [0.2, 0.25) is 0 Å². The Morgan fingerprint density at radius 3 is 2.67 bits per heavy atom. The summed E-state index contributed by atoms with van der Waals surface area (Å²) in [6, 6.07) is 8.31. The maximum Gasteiger partial charge on any atom is 0.112 e. The second-order valence-corrected chi connectivity index (χ2v) is 4.69. The third kappa shape index (κ3) is 3.03. The van der Waals surface area contributed by atoms with E-state index in [1.165, 1.54) is 11.1 Å². The molecule has 1 unspecified atom stereocenters. The van der Waals surface area contributed by atoms with Gasteiger partial charge in [0.15, 0.2) is 0 Å². The number of hydrogen-bond acceptors (Lipinski definition) is 2. The van der Waals surface area contributed by atoms with Crippen molar-refractivity contribution in [3.05, 3.63) is 35.4 Å². The third-order valence-corrected chi connectivity index (χ3v) is 3.17. The van der Waals surface area contributed by atoms with Crippen LogP contribution < -0.4 is 0 Å². The van der Waals surface area contributed by atoms with Crippen LogP contribution in [0.25, 0.3) is 0 Å². The van der Waals surface area contributed by atoms with Gasteiger partial charge in [0.25, 0.3) is 0 Å². The molecule has 0 saturated carbocycles. The summed E-state index contributed by atoms with van der Waals surface area (Å²) in [5, 5.41) is 0.875. The molecule has 0 radical (unpaired) electrons. The predicted octanol–water partition coefficient (Wildman–Crippen LogP) is 2.89. The second-order valence-electron chi connectivity index (χ2n) is 4.13. The quantitative estimate of drug-likeness (QED) is 0.606. The Bertz CT molecular complexity index is 334. The second kappa shape index (κ2) is 4.64. The van der Waals surface area contributed by atoms with E-state index < -0.39 is 0 Å². The van der Waals surface area contributed by atoms with Crippen molar-refractivity contribution < 1.29 is 9.47 Å². The molecule has 3 heteroatoms. The first kappa shape index (κ1) is 11.1. The highest BCUT2D eigenvalue weighted by atomic mass is 79.9. The van der Waals surface area contributed by atoms with Crippen molar-refractivity contribution in [1.29, 1.82) is 0 Å². The van der Waals surface area contributed by atoms with Crippen LogP contribution in [0.1, 0.15) is 18.1 Å².